The molecule has 0 saturated heterocycles. The number of nitrogens with zero attached hydrogens (tertiary/aromatic N) is 1. The number of rotatable bonds is 8. The molecule has 5 nitrogen and oxygen atoms in total. The van der Waals surface area contributed by atoms with Crippen LogP contribution in [0.15, 0.2) is 49.1 Å². The Labute approximate surface area is 131 Å². The maximum atomic E-state index is 12.4. The van der Waals surface area contributed by atoms with Crippen molar-refractivity contribution in [2.24, 2.45) is 0 Å². The summed E-state index contributed by atoms with van der Waals surface area (Å²) in [5.74, 6) is 0. The van der Waals surface area contributed by atoms with Gasteiger partial charge in [0.25, 0.3) is 0 Å². The highest BCUT2D eigenvalue weighted by Crippen LogP contribution is 2.47. The summed E-state index contributed by atoms with van der Waals surface area (Å²) in [6, 6.07) is 8.14. The lowest BCUT2D eigenvalue weighted by Crippen LogP contribution is -2.34. The SMILES string of the molecule is CCOP(=O)(CC[n+]1ccc(-c2cc[nH+]cc2)cc1)OCC. The van der Waals surface area contributed by atoms with Crippen molar-refractivity contribution in [2.45, 2.75) is 20.4 Å². The van der Waals surface area contributed by atoms with E-state index < -0.39 is 7.60 Å². The van der Waals surface area contributed by atoms with Crippen molar-refractivity contribution < 1.29 is 23.2 Å². The molecule has 0 radical (unpaired) electrons. The van der Waals surface area contributed by atoms with Gasteiger partial charge in [0.15, 0.2) is 31.3 Å². The fourth-order valence-electron chi connectivity index (χ4n) is 2.18. The van der Waals surface area contributed by atoms with Gasteiger partial charge in [-0.3, -0.25) is 4.57 Å². The summed E-state index contributed by atoms with van der Waals surface area (Å²) in [7, 11) is -2.98. The lowest BCUT2D eigenvalue weighted by atomic mass is 10.1. The van der Waals surface area contributed by atoms with E-state index in [2.05, 4.69) is 4.98 Å². The van der Waals surface area contributed by atoms with Crippen LogP contribution in [-0.2, 0) is 20.2 Å². The van der Waals surface area contributed by atoms with Gasteiger partial charge >= 0.3 is 7.60 Å². The molecule has 2 aromatic heterocycles. The number of aromatic nitrogens is 2. The normalized spacial score (nSPS) is 11.5. The summed E-state index contributed by atoms with van der Waals surface area (Å²) in [5, 5.41) is 0. The zero-order valence-electron chi connectivity index (χ0n) is 13.1. The van der Waals surface area contributed by atoms with Crippen molar-refractivity contribution >= 4 is 7.60 Å². The summed E-state index contributed by atoms with van der Waals surface area (Å²) >= 11 is 0. The number of hydrogen-bond donors (Lipinski definition) is 0. The predicted octanol–water partition coefficient (Wildman–Crippen LogP) is 2.72. The van der Waals surface area contributed by atoms with Crippen molar-refractivity contribution in [2.75, 3.05) is 19.4 Å². The van der Waals surface area contributed by atoms with Crippen molar-refractivity contribution in [3.63, 3.8) is 0 Å². The minimum Gasteiger partial charge on any atom is -0.309 e. The van der Waals surface area contributed by atoms with Crippen LogP contribution in [0.2, 0.25) is 0 Å². The smallest absolute Gasteiger partial charge is 0.309 e. The van der Waals surface area contributed by atoms with Crippen LogP contribution in [0.5, 0.6) is 0 Å². The van der Waals surface area contributed by atoms with E-state index in [0.717, 1.165) is 11.1 Å². The van der Waals surface area contributed by atoms with Gasteiger partial charge in [-0.2, -0.15) is 0 Å². The Bertz CT molecular complexity index is 607. The standard InChI is InChI=1S/C16H22N2O3P/c1-3-20-22(19,21-4-2)14-13-18-11-7-16(8-12-18)15-5-9-17-10-6-15/h5-12H,3-4,13-14H2,1-2H3/q+1/p+1. The Balaban J connectivity index is 2.01. The Morgan fingerprint density at radius 3 is 2.09 bits per heavy atom. The average Bonchev–Trinajstić information content (AvgIpc) is 2.55. The van der Waals surface area contributed by atoms with Crippen molar-refractivity contribution in [1.82, 2.24) is 0 Å². The van der Waals surface area contributed by atoms with Gasteiger partial charge in [0.1, 0.15) is 6.16 Å². The van der Waals surface area contributed by atoms with Crippen LogP contribution < -0.4 is 9.55 Å². The third-order valence-corrected chi connectivity index (χ3v) is 5.28. The predicted molar refractivity (Wildman–Crippen MR) is 84.4 cm³/mol. The van der Waals surface area contributed by atoms with Crippen LogP contribution in [0.4, 0.5) is 0 Å². The number of aryl methyl sites for hydroxylation is 1. The highest BCUT2D eigenvalue weighted by molar-refractivity contribution is 7.53. The first-order valence-corrected chi connectivity index (χ1v) is 9.23. The van der Waals surface area contributed by atoms with Crippen LogP contribution in [-0.4, -0.2) is 19.4 Å². The Morgan fingerprint density at radius 1 is 1.00 bits per heavy atom. The minimum atomic E-state index is -2.98. The molecule has 118 valence electrons. The zero-order valence-corrected chi connectivity index (χ0v) is 14.0. The molecule has 0 spiro atoms. The first-order valence-electron chi connectivity index (χ1n) is 7.50. The van der Waals surface area contributed by atoms with Crippen LogP contribution >= 0.6 is 7.60 Å². The van der Waals surface area contributed by atoms with Gasteiger partial charge < -0.3 is 9.05 Å². The summed E-state index contributed by atoms with van der Waals surface area (Å²) in [6.45, 7) is 5.04. The van der Waals surface area contributed by atoms with Gasteiger partial charge in [0.05, 0.1) is 13.2 Å². The average molecular weight is 322 g/mol. The van der Waals surface area contributed by atoms with E-state index in [-0.39, 0.29) is 0 Å². The topological polar surface area (TPSA) is 53.5 Å². The zero-order chi connectivity index (χ0) is 15.8. The first kappa shape index (κ1) is 16.8. The van der Waals surface area contributed by atoms with Crippen LogP contribution in [0.1, 0.15) is 13.8 Å². The maximum Gasteiger partial charge on any atom is 0.337 e. The molecule has 0 aliphatic heterocycles. The molecule has 0 aliphatic rings. The molecule has 0 fully saturated rings. The molecule has 22 heavy (non-hydrogen) atoms. The van der Waals surface area contributed by atoms with Gasteiger partial charge in [-0.25, -0.2) is 9.55 Å². The largest absolute Gasteiger partial charge is 0.337 e. The molecule has 0 saturated carbocycles. The molecule has 0 unspecified atom stereocenters. The molecule has 6 heteroatoms. The van der Waals surface area contributed by atoms with Gasteiger partial charge in [-0.05, 0) is 25.0 Å². The molecular weight excluding hydrogens is 299 g/mol. The van der Waals surface area contributed by atoms with Crippen LogP contribution in [0.3, 0.4) is 0 Å². The number of aromatic amines is 1. The molecule has 0 bridgehead atoms. The highest BCUT2D eigenvalue weighted by atomic mass is 31.2. The molecule has 2 rings (SSSR count). The second-order valence-corrected chi connectivity index (χ2v) is 6.97. The molecule has 2 heterocycles. The quantitative estimate of drug-likeness (QED) is 0.555. The highest BCUT2D eigenvalue weighted by Gasteiger charge is 2.25. The number of nitrogens with one attached hydrogen (secondary N) is 1. The van der Waals surface area contributed by atoms with E-state index in [1.807, 2.05) is 67.5 Å². The molecule has 1 N–H and O–H groups in total. The fraction of sp³-hybridized carbons (Fsp3) is 0.375. The third kappa shape index (κ3) is 4.73. The van der Waals surface area contributed by atoms with E-state index in [9.17, 15) is 4.57 Å². The second kappa shape index (κ2) is 8.18. The lowest BCUT2D eigenvalue weighted by Gasteiger charge is -2.15. The number of pyridine rings is 2. The van der Waals surface area contributed by atoms with Crippen LogP contribution in [0, 0.1) is 0 Å². The van der Waals surface area contributed by atoms with E-state index >= 15 is 0 Å². The van der Waals surface area contributed by atoms with Crippen molar-refractivity contribution in [3.8, 4) is 11.1 Å². The summed E-state index contributed by atoms with van der Waals surface area (Å²) in [6.07, 6.45) is 8.13. The van der Waals surface area contributed by atoms with E-state index in [1.54, 1.807) is 0 Å². The van der Waals surface area contributed by atoms with Gasteiger partial charge in [-0.15, -0.1) is 0 Å². The van der Waals surface area contributed by atoms with E-state index in [0.29, 0.717) is 25.9 Å². The van der Waals surface area contributed by atoms with Gasteiger partial charge in [-0.1, -0.05) is 0 Å². The fourth-order valence-corrected chi connectivity index (χ4v) is 3.77. The van der Waals surface area contributed by atoms with Crippen LogP contribution in [0.25, 0.3) is 11.1 Å². The van der Waals surface area contributed by atoms with Gasteiger partial charge in [0.2, 0.25) is 0 Å². The molecule has 0 amide bonds. The second-order valence-electron chi connectivity index (χ2n) is 4.78. The Kier molecular flexibility index (Phi) is 6.25. The first-order chi connectivity index (χ1) is 10.7. The number of hydrogen-bond acceptors (Lipinski definition) is 3. The third-order valence-electron chi connectivity index (χ3n) is 3.23. The molecule has 2 aromatic rings. The van der Waals surface area contributed by atoms with Crippen molar-refractivity contribution in [1.29, 1.82) is 0 Å². The van der Waals surface area contributed by atoms with E-state index in [1.165, 1.54) is 0 Å². The molecular formula is C16H23N2O3P+2. The lowest BCUT2D eigenvalue weighted by molar-refractivity contribution is -0.692. The Morgan fingerprint density at radius 2 is 1.55 bits per heavy atom. The van der Waals surface area contributed by atoms with E-state index in [4.69, 9.17) is 9.05 Å². The molecule has 0 aliphatic carbocycles. The Hall–Kier alpha value is -1.55. The monoisotopic (exact) mass is 322 g/mol. The summed E-state index contributed by atoms with van der Waals surface area (Å²) < 4.78 is 25.0. The van der Waals surface area contributed by atoms with Crippen molar-refractivity contribution in [3.05, 3.63) is 49.1 Å². The summed E-state index contributed by atoms with van der Waals surface area (Å²) in [4.78, 5) is 3.01. The number of H-pyrrole nitrogens is 1. The maximum absolute atomic E-state index is 12.4. The van der Waals surface area contributed by atoms with Gasteiger partial charge in [0, 0.05) is 24.3 Å². The minimum absolute atomic E-state index is 0.374. The summed E-state index contributed by atoms with van der Waals surface area (Å²) in [5.41, 5.74) is 2.29. The molecule has 0 aromatic carbocycles. The molecule has 0 atom stereocenters.